The Morgan fingerprint density at radius 1 is 1.13 bits per heavy atom. The van der Waals surface area contributed by atoms with Crippen LogP contribution in [0.25, 0.3) is 0 Å². The predicted molar refractivity (Wildman–Crippen MR) is 97.5 cm³/mol. The predicted octanol–water partition coefficient (Wildman–Crippen LogP) is 5.72. The summed E-state index contributed by atoms with van der Waals surface area (Å²) in [7, 11) is -3.75. The van der Waals surface area contributed by atoms with E-state index in [9.17, 15) is 9.46 Å². The Labute approximate surface area is 142 Å². The summed E-state index contributed by atoms with van der Waals surface area (Å²) in [6.45, 7) is 8.72. The average Bonchev–Trinajstić information content (AvgIpc) is 2.98. The van der Waals surface area contributed by atoms with Gasteiger partial charge in [0, 0.05) is 5.54 Å². The van der Waals surface area contributed by atoms with Crippen LogP contribution in [0, 0.1) is 0 Å². The van der Waals surface area contributed by atoms with E-state index in [1.807, 2.05) is 6.92 Å². The molecule has 0 heterocycles. The number of rotatable bonds is 13. The number of hydrogen-bond donors (Lipinski definition) is 2. The lowest BCUT2D eigenvalue weighted by molar-refractivity contribution is 0.230. The fourth-order valence-electron chi connectivity index (χ4n) is 3.41. The highest BCUT2D eigenvalue weighted by Gasteiger charge is 2.41. The maximum absolute atomic E-state index is 12.4. The van der Waals surface area contributed by atoms with E-state index < -0.39 is 13.3 Å². The van der Waals surface area contributed by atoms with Crippen LogP contribution in [-0.2, 0) is 9.09 Å². The molecule has 1 fully saturated rings. The summed E-state index contributed by atoms with van der Waals surface area (Å²) in [6.07, 6.45) is 12.9. The molecule has 1 rings (SSSR count). The molecular formula is C18H36NO3P. The van der Waals surface area contributed by atoms with Gasteiger partial charge in [-0.3, -0.25) is 4.52 Å². The summed E-state index contributed by atoms with van der Waals surface area (Å²) >= 11 is 0. The minimum Gasteiger partial charge on any atom is -0.312 e. The van der Waals surface area contributed by atoms with Crippen molar-refractivity contribution in [1.29, 1.82) is 0 Å². The zero-order valence-corrected chi connectivity index (χ0v) is 16.0. The summed E-state index contributed by atoms with van der Waals surface area (Å²) in [6, 6.07) is 0. The van der Waals surface area contributed by atoms with Crippen LogP contribution in [-0.4, -0.2) is 17.0 Å². The third kappa shape index (κ3) is 7.51. The lowest BCUT2D eigenvalue weighted by Crippen LogP contribution is -2.42. The van der Waals surface area contributed by atoms with Gasteiger partial charge in [-0.05, 0) is 25.7 Å². The van der Waals surface area contributed by atoms with Gasteiger partial charge >= 0.3 is 7.75 Å². The molecule has 0 aromatic carbocycles. The monoisotopic (exact) mass is 345 g/mol. The molecule has 1 aliphatic carbocycles. The van der Waals surface area contributed by atoms with Crippen molar-refractivity contribution in [2.45, 2.75) is 96.4 Å². The zero-order chi connectivity index (χ0) is 17.2. The van der Waals surface area contributed by atoms with Gasteiger partial charge in [-0.15, -0.1) is 0 Å². The summed E-state index contributed by atoms with van der Waals surface area (Å²) < 4.78 is 17.6. The molecule has 0 aromatic heterocycles. The average molecular weight is 345 g/mol. The molecule has 2 N–H and O–H groups in total. The van der Waals surface area contributed by atoms with Gasteiger partial charge in [0.2, 0.25) is 0 Å². The van der Waals surface area contributed by atoms with E-state index in [4.69, 9.17) is 4.52 Å². The molecule has 23 heavy (non-hydrogen) atoms. The summed E-state index contributed by atoms with van der Waals surface area (Å²) in [4.78, 5) is 10.1. The molecule has 1 aliphatic rings. The van der Waals surface area contributed by atoms with E-state index in [-0.39, 0.29) is 0 Å². The molecule has 0 spiro atoms. The number of hydrogen-bond acceptors (Lipinski definition) is 2. The Kier molecular flexibility index (Phi) is 9.68. The first-order valence-corrected chi connectivity index (χ1v) is 11.0. The minimum absolute atomic E-state index is 0.350. The number of nitrogens with one attached hydrogen (secondary N) is 1. The second-order valence-corrected chi connectivity index (χ2v) is 8.36. The highest BCUT2D eigenvalue weighted by atomic mass is 31.2. The molecule has 0 aliphatic heterocycles. The normalized spacial score (nSPS) is 19.6. The van der Waals surface area contributed by atoms with Crippen molar-refractivity contribution >= 4 is 7.75 Å². The van der Waals surface area contributed by atoms with Crippen LogP contribution in [0.1, 0.15) is 90.9 Å². The number of unbranched alkanes of at least 4 members (excludes halogenated alkanes) is 6. The first kappa shape index (κ1) is 20.9. The maximum Gasteiger partial charge on any atom is 0.403 e. The van der Waals surface area contributed by atoms with Crippen molar-refractivity contribution in [3.05, 3.63) is 12.2 Å². The van der Waals surface area contributed by atoms with E-state index in [0.29, 0.717) is 6.61 Å². The fraction of sp³-hybridized carbons (Fsp3) is 0.889. The van der Waals surface area contributed by atoms with E-state index in [0.717, 1.165) is 50.5 Å². The van der Waals surface area contributed by atoms with Crippen molar-refractivity contribution in [1.82, 2.24) is 5.09 Å². The minimum atomic E-state index is -3.75. The standard InChI is InChI=1S/C18H36NO3P/c1-4-6-7-8-9-10-13-16-22-23(20,21)19-18(17(3)5-2)14-11-12-15-18/h3-16H2,1-2H3,(H2,19,20,21). The molecule has 1 unspecified atom stereocenters. The van der Waals surface area contributed by atoms with Gasteiger partial charge in [0.25, 0.3) is 0 Å². The van der Waals surface area contributed by atoms with Gasteiger partial charge in [0.05, 0.1) is 6.61 Å². The van der Waals surface area contributed by atoms with Gasteiger partial charge in [-0.2, -0.15) is 0 Å². The molecule has 1 atom stereocenters. The second-order valence-electron chi connectivity index (χ2n) is 6.83. The summed E-state index contributed by atoms with van der Waals surface area (Å²) in [5.74, 6) is 0. The maximum atomic E-state index is 12.4. The van der Waals surface area contributed by atoms with Crippen molar-refractivity contribution in [2.75, 3.05) is 6.61 Å². The SMILES string of the molecule is C=C(CC)C1(NP(=O)(O)OCCCCCCCCC)CCCC1. The Morgan fingerprint density at radius 3 is 2.26 bits per heavy atom. The topological polar surface area (TPSA) is 58.6 Å². The van der Waals surface area contributed by atoms with Crippen LogP contribution in [0.15, 0.2) is 12.2 Å². The molecule has 0 saturated heterocycles. The van der Waals surface area contributed by atoms with Gasteiger partial charge < -0.3 is 4.89 Å². The Hall–Kier alpha value is -0.150. The van der Waals surface area contributed by atoms with E-state index in [1.165, 1.54) is 32.1 Å². The van der Waals surface area contributed by atoms with Crippen molar-refractivity contribution in [3.8, 4) is 0 Å². The highest BCUT2D eigenvalue weighted by molar-refractivity contribution is 7.50. The third-order valence-electron chi connectivity index (χ3n) is 4.93. The van der Waals surface area contributed by atoms with Crippen molar-refractivity contribution in [3.63, 3.8) is 0 Å². The van der Waals surface area contributed by atoms with Crippen LogP contribution in [0.5, 0.6) is 0 Å². The first-order valence-electron chi connectivity index (χ1n) is 9.41. The van der Waals surface area contributed by atoms with E-state index >= 15 is 0 Å². The molecule has 0 bridgehead atoms. The molecule has 0 amide bonds. The molecule has 0 aromatic rings. The largest absolute Gasteiger partial charge is 0.403 e. The molecule has 5 heteroatoms. The van der Waals surface area contributed by atoms with Crippen LogP contribution in [0.3, 0.4) is 0 Å². The Morgan fingerprint density at radius 2 is 1.70 bits per heavy atom. The molecule has 1 saturated carbocycles. The summed E-state index contributed by atoms with van der Waals surface area (Å²) in [5, 5.41) is 2.93. The molecule has 0 radical (unpaired) electrons. The van der Waals surface area contributed by atoms with E-state index in [1.54, 1.807) is 0 Å². The van der Waals surface area contributed by atoms with Crippen molar-refractivity contribution in [2.24, 2.45) is 0 Å². The molecule has 4 nitrogen and oxygen atoms in total. The van der Waals surface area contributed by atoms with Crippen molar-refractivity contribution < 1.29 is 14.0 Å². The molecular weight excluding hydrogens is 309 g/mol. The second kappa shape index (κ2) is 10.7. The van der Waals surface area contributed by atoms with Gasteiger partial charge in [-0.25, -0.2) is 9.65 Å². The molecule has 136 valence electrons. The van der Waals surface area contributed by atoms with Gasteiger partial charge in [-0.1, -0.05) is 77.4 Å². The summed E-state index contributed by atoms with van der Waals surface area (Å²) in [5.41, 5.74) is 0.614. The Bertz CT molecular complexity index is 392. The third-order valence-corrected chi connectivity index (χ3v) is 6.17. The lowest BCUT2D eigenvalue weighted by Gasteiger charge is -2.33. The first-order chi connectivity index (χ1) is 11.0. The lowest BCUT2D eigenvalue weighted by atomic mass is 9.88. The van der Waals surface area contributed by atoms with Crippen LogP contribution in [0.2, 0.25) is 0 Å². The fourth-order valence-corrected chi connectivity index (χ4v) is 4.78. The quantitative estimate of drug-likeness (QED) is 0.254. The van der Waals surface area contributed by atoms with E-state index in [2.05, 4.69) is 18.6 Å². The van der Waals surface area contributed by atoms with Gasteiger partial charge in [0.1, 0.15) is 0 Å². The van der Waals surface area contributed by atoms with Gasteiger partial charge in [0.15, 0.2) is 0 Å². The smallest absolute Gasteiger partial charge is 0.312 e. The Balaban J connectivity index is 2.29. The van der Waals surface area contributed by atoms with Crippen LogP contribution < -0.4 is 5.09 Å². The zero-order valence-electron chi connectivity index (χ0n) is 15.1. The van der Waals surface area contributed by atoms with Crippen LogP contribution >= 0.6 is 7.75 Å². The van der Waals surface area contributed by atoms with Crippen LogP contribution in [0.4, 0.5) is 0 Å². The highest BCUT2D eigenvalue weighted by Crippen LogP contribution is 2.47.